The Morgan fingerprint density at radius 1 is 0.895 bits per heavy atom. The van der Waals surface area contributed by atoms with Crippen LogP contribution in [0.2, 0.25) is 0 Å². The second-order valence-electron chi connectivity index (χ2n) is 9.65. The monoisotopic (exact) mass is 541 g/mol. The van der Waals surface area contributed by atoms with Gasteiger partial charge in [-0.2, -0.15) is 0 Å². The summed E-state index contributed by atoms with van der Waals surface area (Å²) in [7, 11) is 0. The van der Waals surface area contributed by atoms with Crippen LogP contribution in [0, 0.1) is 12.8 Å². The maximum Gasteiger partial charge on any atom is 0.244 e. The molecule has 0 spiro atoms. The van der Waals surface area contributed by atoms with Crippen LogP contribution in [-0.2, 0) is 9.59 Å². The van der Waals surface area contributed by atoms with Crippen LogP contribution in [0.15, 0.2) is 89.1 Å². The second kappa shape index (κ2) is 12.4. The average molecular weight is 542 g/mol. The summed E-state index contributed by atoms with van der Waals surface area (Å²) in [5.41, 5.74) is 4.77. The summed E-state index contributed by atoms with van der Waals surface area (Å²) < 4.78 is 0. The zero-order valence-electron chi connectivity index (χ0n) is 21.4. The van der Waals surface area contributed by atoms with Crippen molar-refractivity contribution in [2.24, 2.45) is 5.92 Å². The van der Waals surface area contributed by atoms with Crippen molar-refractivity contribution in [3.05, 3.63) is 95.4 Å². The molecule has 1 heterocycles. The van der Waals surface area contributed by atoms with Gasteiger partial charge in [0, 0.05) is 27.4 Å². The van der Waals surface area contributed by atoms with Gasteiger partial charge >= 0.3 is 0 Å². The van der Waals surface area contributed by atoms with E-state index in [0.717, 1.165) is 53.1 Å². The zero-order valence-corrected chi connectivity index (χ0v) is 23.0. The summed E-state index contributed by atoms with van der Waals surface area (Å²) in [6.07, 6.45) is 5.43. The quantitative estimate of drug-likeness (QED) is 0.221. The number of carbonyl (C=O) groups is 2. The van der Waals surface area contributed by atoms with Crippen LogP contribution in [0.3, 0.4) is 0 Å². The summed E-state index contributed by atoms with van der Waals surface area (Å²) >= 11 is 2.90. The highest BCUT2D eigenvalue weighted by Crippen LogP contribution is 2.37. The van der Waals surface area contributed by atoms with Crippen LogP contribution >= 0.6 is 23.1 Å². The molecule has 38 heavy (non-hydrogen) atoms. The van der Waals surface area contributed by atoms with Gasteiger partial charge in [0.05, 0.1) is 5.69 Å². The Bertz CT molecular complexity index is 1360. The molecule has 3 aromatic carbocycles. The average Bonchev–Trinajstić information content (AvgIpc) is 3.42. The van der Waals surface area contributed by atoms with Crippen molar-refractivity contribution < 1.29 is 9.59 Å². The van der Waals surface area contributed by atoms with Gasteiger partial charge in [0.2, 0.25) is 11.8 Å². The maximum atomic E-state index is 13.5. The maximum absolute atomic E-state index is 13.5. The van der Waals surface area contributed by atoms with Crippen molar-refractivity contribution in [1.82, 2.24) is 4.98 Å². The Labute approximate surface area is 232 Å². The first-order chi connectivity index (χ1) is 18.5. The fraction of sp³-hybridized carbons (Fsp3) is 0.258. The molecule has 0 aliphatic heterocycles. The highest BCUT2D eigenvalue weighted by atomic mass is 32.2. The molecular weight excluding hydrogens is 510 g/mol. The molecule has 1 unspecified atom stereocenters. The van der Waals surface area contributed by atoms with E-state index >= 15 is 0 Å². The van der Waals surface area contributed by atoms with Crippen molar-refractivity contribution >= 4 is 45.7 Å². The molecule has 1 aliphatic carbocycles. The Balaban J connectivity index is 1.27. The number of thioether (sulfide) groups is 1. The van der Waals surface area contributed by atoms with Crippen molar-refractivity contribution in [3.63, 3.8) is 0 Å². The van der Waals surface area contributed by atoms with E-state index < -0.39 is 5.25 Å². The van der Waals surface area contributed by atoms with Crippen molar-refractivity contribution in [3.8, 4) is 11.3 Å². The van der Waals surface area contributed by atoms with Crippen LogP contribution in [0.5, 0.6) is 0 Å². The smallest absolute Gasteiger partial charge is 0.244 e. The van der Waals surface area contributed by atoms with Gasteiger partial charge in [-0.15, -0.1) is 23.1 Å². The summed E-state index contributed by atoms with van der Waals surface area (Å²) in [4.78, 5) is 31.7. The van der Waals surface area contributed by atoms with E-state index in [9.17, 15) is 9.59 Å². The van der Waals surface area contributed by atoms with Gasteiger partial charge in [-0.25, -0.2) is 4.98 Å². The molecular formula is C31H31N3O2S2. The van der Waals surface area contributed by atoms with Crippen molar-refractivity contribution in [1.29, 1.82) is 0 Å². The van der Waals surface area contributed by atoms with Crippen LogP contribution in [0.1, 0.15) is 48.5 Å². The van der Waals surface area contributed by atoms with E-state index in [1.165, 1.54) is 35.1 Å². The number of hydrogen-bond acceptors (Lipinski definition) is 5. The molecule has 0 radical (unpaired) electrons. The third kappa shape index (κ3) is 6.71. The number of carbonyl (C=O) groups excluding carboxylic acids is 2. The van der Waals surface area contributed by atoms with Crippen LogP contribution in [-0.4, -0.2) is 16.8 Å². The first kappa shape index (κ1) is 26.2. The van der Waals surface area contributed by atoms with Gasteiger partial charge in [-0.1, -0.05) is 79.4 Å². The third-order valence-corrected chi connectivity index (χ3v) is 8.80. The first-order valence-electron chi connectivity index (χ1n) is 13.0. The highest BCUT2D eigenvalue weighted by Gasteiger charge is 2.24. The van der Waals surface area contributed by atoms with Crippen molar-refractivity contribution in [2.75, 3.05) is 10.6 Å². The molecule has 1 aromatic heterocycles. The fourth-order valence-corrected chi connectivity index (χ4v) is 6.37. The lowest BCUT2D eigenvalue weighted by Crippen LogP contribution is -2.24. The number of rotatable bonds is 8. The summed E-state index contributed by atoms with van der Waals surface area (Å²) in [5, 5.41) is 8.18. The largest absolute Gasteiger partial charge is 0.326 e. The summed E-state index contributed by atoms with van der Waals surface area (Å²) in [5.74, 6) is 0.0992. The lowest BCUT2D eigenvalue weighted by molar-refractivity contribution is -0.120. The minimum absolute atomic E-state index is 0.111. The predicted octanol–water partition coefficient (Wildman–Crippen LogP) is 8.11. The van der Waals surface area contributed by atoms with E-state index in [0.29, 0.717) is 5.13 Å². The molecule has 0 saturated heterocycles. The molecule has 1 aliphatic rings. The topological polar surface area (TPSA) is 71.1 Å². The summed E-state index contributed by atoms with van der Waals surface area (Å²) in [6, 6.07) is 25.7. The van der Waals surface area contributed by atoms with Gasteiger partial charge in [0.1, 0.15) is 5.25 Å². The number of aromatic nitrogens is 1. The van der Waals surface area contributed by atoms with Gasteiger partial charge < -0.3 is 10.6 Å². The summed E-state index contributed by atoms with van der Waals surface area (Å²) in [6.45, 7) is 2.05. The lowest BCUT2D eigenvalue weighted by Gasteiger charge is -2.21. The Hall–Kier alpha value is -3.42. The lowest BCUT2D eigenvalue weighted by atomic mass is 9.88. The molecule has 1 fully saturated rings. The fourth-order valence-electron chi connectivity index (χ4n) is 4.62. The van der Waals surface area contributed by atoms with Gasteiger partial charge in [-0.05, 0) is 49.6 Å². The molecule has 5 rings (SSSR count). The molecule has 1 saturated carbocycles. The van der Waals surface area contributed by atoms with E-state index in [2.05, 4.69) is 34.7 Å². The molecule has 4 aromatic rings. The van der Waals surface area contributed by atoms with Gasteiger partial charge in [-0.3, -0.25) is 9.59 Å². The number of anilines is 2. The van der Waals surface area contributed by atoms with E-state index in [4.69, 9.17) is 0 Å². The molecule has 1 atom stereocenters. The molecule has 2 N–H and O–H groups in total. The highest BCUT2D eigenvalue weighted by molar-refractivity contribution is 8.00. The molecule has 7 heteroatoms. The molecule has 0 bridgehead atoms. The second-order valence-corrected chi connectivity index (χ2v) is 11.7. The molecule has 194 valence electrons. The zero-order chi connectivity index (χ0) is 26.3. The standard InChI is InChI=1S/C31H31N3O2S2/c1-21-12-14-22(15-13-21)27-20-37-31(33-27)34-30(36)28(23-8-4-2-5-9-23)38-26-18-16-25(17-19-26)32-29(35)24-10-6-3-7-11-24/h2,4-5,8-9,12-20,24,28H,3,6-7,10-11H2,1H3,(H,32,35)(H,33,34,36). The minimum Gasteiger partial charge on any atom is -0.326 e. The SMILES string of the molecule is Cc1ccc(-c2csc(NC(=O)C(Sc3ccc(NC(=O)C4CCCCC4)cc3)c3ccccc3)n2)cc1. The number of benzene rings is 3. The molecule has 2 amide bonds. The number of nitrogens with one attached hydrogen (secondary N) is 2. The Morgan fingerprint density at radius 3 is 2.32 bits per heavy atom. The normalized spacial score (nSPS) is 14.6. The number of nitrogens with zero attached hydrogens (tertiary/aromatic N) is 1. The Kier molecular flexibility index (Phi) is 8.56. The van der Waals surface area contributed by atoms with E-state index in [1.54, 1.807) is 0 Å². The predicted molar refractivity (Wildman–Crippen MR) is 158 cm³/mol. The number of aryl methyl sites for hydroxylation is 1. The Morgan fingerprint density at radius 2 is 1.61 bits per heavy atom. The van der Waals surface area contributed by atoms with Crippen LogP contribution in [0.25, 0.3) is 11.3 Å². The van der Waals surface area contributed by atoms with E-state index in [-0.39, 0.29) is 17.7 Å². The molecule has 5 nitrogen and oxygen atoms in total. The first-order valence-corrected chi connectivity index (χ1v) is 14.8. The minimum atomic E-state index is -0.453. The van der Waals surface area contributed by atoms with Crippen LogP contribution < -0.4 is 10.6 Å². The third-order valence-electron chi connectivity index (χ3n) is 6.77. The van der Waals surface area contributed by atoms with Gasteiger partial charge in [0.25, 0.3) is 0 Å². The number of hydrogen-bond donors (Lipinski definition) is 2. The number of thiazole rings is 1. The van der Waals surface area contributed by atoms with Crippen molar-refractivity contribution in [2.45, 2.75) is 49.2 Å². The number of amides is 2. The van der Waals surface area contributed by atoms with E-state index in [1.807, 2.05) is 72.1 Å². The van der Waals surface area contributed by atoms with Crippen LogP contribution in [0.4, 0.5) is 10.8 Å². The van der Waals surface area contributed by atoms with Gasteiger partial charge in [0.15, 0.2) is 5.13 Å².